The fourth-order valence-electron chi connectivity index (χ4n) is 2.65. The highest BCUT2D eigenvalue weighted by Gasteiger charge is 2.16. The van der Waals surface area contributed by atoms with Gasteiger partial charge in [0.25, 0.3) is 5.89 Å². The van der Waals surface area contributed by atoms with Crippen LogP contribution in [0.1, 0.15) is 0 Å². The molecule has 0 aliphatic rings. The summed E-state index contributed by atoms with van der Waals surface area (Å²) in [5.41, 5.74) is 1.32. The molecule has 0 amide bonds. The van der Waals surface area contributed by atoms with Crippen molar-refractivity contribution in [3.63, 3.8) is 0 Å². The van der Waals surface area contributed by atoms with Crippen LogP contribution in [0, 0.1) is 5.82 Å². The summed E-state index contributed by atoms with van der Waals surface area (Å²) < 4.78 is 20.5. The highest BCUT2D eigenvalue weighted by Crippen LogP contribution is 2.22. The average Bonchev–Trinajstić information content (AvgIpc) is 3.08. The number of hydrogen-bond donors (Lipinski definition) is 0. The molecule has 0 aliphatic heterocycles. The van der Waals surface area contributed by atoms with Crippen LogP contribution in [0.3, 0.4) is 0 Å². The van der Waals surface area contributed by atoms with Gasteiger partial charge in [-0.05, 0) is 18.2 Å². The van der Waals surface area contributed by atoms with E-state index in [9.17, 15) is 9.18 Å². The number of nitrogens with zero attached hydrogens (tertiary/aromatic N) is 3. The predicted octanol–water partition coefficient (Wildman–Crippen LogP) is 3.39. The number of hydrogen-bond acceptors (Lipinski definition) is 4. The Kier molecular flexibility index (Phi) is 3.23. The summed E-state index contributed by atoms with van der Waals surface area (Å²) in [7, 11) is 1.78. The van der Waals surface area contributed by atoms with Crippen LogP contribution in [0.4, 0.5) is 4.39 Å². The number of aryl methyl sites for hydroxylation is 1. The zero-order valence-corrected chi connectivity index (χ0v) is 12.7. The van der Waals surface area contributed by atoms with Crippen LogP contribution in [-0.2, 0) is 7.05 Å². The SMILES string of the molecule is Cn1cc(-c2nc(-c3ccccc3)no2)c(=O)c2cc(F)ccc21. The van der Waals surface area contributed by atoms with E-state index in [1.807, 2.05) is 30.3 Å². The molecule has 2 aromatic carbocycles. The molecule has 0 saturated carbocycles. The van der Waals surface area contributed by atoms with Gasteiger partial charge in [-0.3, -0.25) is 4.79 Å². The van der Waals surface area contributed by atoms with Gasteiger partial charge in [0.2, 0.25) is 11.3 Å². The van der Waals surface area contributed by atoms with Crippen LogP contribution in [0.2, 0.25) is 0 Å². The van der Waals surface area contributed by atoms with Gasteiger partial charge in [0.05, 0.1) is 5.52 Å². The van der Waals surface area contributed by atoms with Gasteiger partial charge in [0, 0.05) is 24.2 Å². The molecular formula is C18H12FN3O2. The summed E-state index contributed by atoms with van der Waals surface area (Å²) in [5.74, 6) is 0.0415. The van der Waals surface area contributed by atoms with E-state index in [0.717, 1.165) is 5.56 Å². The standard InChI is InChI=1S/C18H12FN3O2/c1-22-10-14(16(23)13-9-12(19)7-8-15(13)22)18-20-17(21-24-18)11-5-3-2-4-6-11/h2-10H,1H3. The number of halogens is 1. The molecule has 0 aliphatic carbocycles. The zero-order chi connectivity index (χ0) is 16.7. The van der Waals surface area contributed by atoms with Crippen molar-refractivity contribution in [1.82, 2.24) is 14.7 Å². The molecule has 6 heteroatoms. The molecule has 0 unspecified atom stereocenters. The third kappa shape index (κ3) is 2.28. The zero-order valence-electron chi connectivity index (χ0n) is 12.7. The van der Waals surface area contributed by atoms with E-state index in [4.69, 9.17) is 4.52 Å². The molecule has 24 heavy (non-hydrogen) atoms. The van der Waals surface area contributed by atoms with E-state index >= 15 is 0 Å². The summed E-state index contributed by atoms with van der Waals surface area (Å²) in [6.07, 6.45) is 1.62. The second kappa shape index (κ2) is 5.42. The smallest absolute Gasteiger partial charge is 0.263 e. The molecule has 4 rings (SSSR count). The first kappa shape index (κ1) is 14.3. The van der Waals surface area contributed by atoms with Crippen molar-refractivity contribution >= 4 is 10.9 Å². The molecule has 5 nitrogen and oxygen atoms in total. The third-order valence-electron chi connectivity index (χ3n) is 3.84. The largest absolute Gasteiger partial charge is 0.350 e. The van der Waals surface area contributed by atoms with E-state index in [-0.39, 0.29) is 22.3 Å². The van der Waals surface area contributed by atoms with E-state index in [1.54, 1.807) is 23.9 Å². The number of fused-ring (bicyclic) bond motifs is 1. The van der Waals surface area contributed by atoms with Gasteiger partial charge < -0.3 is 9.09 Å². The number of benzene rings is 2. The van der Waals surface area contributed by atoms with E-state index in [2.05, 4.69) is 10.1 Å². The highest BCUT2D eigenvalue weighted by atomic mass is 19.1. The Morgan fingerprint density at radius 1 is 1.12 bits per heavy atom. The Balaban J connectivity index is 1.90. The second-order valence-corrected chi connectivity index (χ2v) is 5.43. The maximum atomic E-state index is 13.5. The second-order valence-electron chi connectivity index (χ2n) is 5.43. The van der Waals surface area contributed by atoms with Crippen molar-refractivity contribution < 1.29 is 8.91 Å². The van der Waals surface area contributed by atoms with Crippen molar-refractivity contribution in [3.05, 3.63) is 70.8 Å². The number of pyridine rings is 1. The molecule has 0 saturated heterocycles. The van der Waals surface area contributed by atoms with Crippen LogP contribution < -0.4 is 5.43 Å². The molecule has 0 spiro atoms. The van der Waals surface area contributed by atoms with E-state index in [1.165, 1.54) is 12.1 Å². The Morgan fingerprint density at radius 2 is 1.92 bits per heavy atom. The molecule has 0 atom stereocenters. The Bertz CT molecular complexity index is 1100. The van der Waals surface area contributed by atoms with Crippen molar-refractivity contribution in [1.29, 1.82) is 0 Å². The van der Waals surface area contributed by atoms with Gasteiger partial charge in [-0.2, -0.15) is 4.98 Å². The minimum absolute atomic E-state index is 0.112. The molecule has 0 N–H and O–H groups in total. The lowest BCUT2D eigenvalue weighted by molar-refractivity contribution is 0.432. The Labute approximate surface area is 136 Å². The number of aromatic nitrogens is 3. The third-order valence-corrected chi connectivity index (χ3v) is 3.84. The van der Waals surface area contributed by atoms with Crippen LogP contribution in [0.25, 0.3) is 33.7 Å². The summed E-state index contributed by atoms with van der Waals surface area (Å²) in [6, 6.07) is 13.4. The van der Waals surface area contributed by atoms with Crippen molar-refractivity contribution in [2.75, 3.05) is 0 Å². The first-order chi connectivity index (χ1) is 11.6. The summed E-state index contributed by atoms with van der Waals surface area (Å²) in [4.78, 5) is 17.0. The van der Waals surface area contributed by atoms with Crippen molar-refractivity contribution in [2.24, 2.45) is 7.05 Å². The molecular weight excluding hydrogens is 309 g/mol. The van der Waals surface area contributed by atoms with Crippen molar-refractivity contribution in [2.45, 2.75) is 0 Å². The lowest BCUT2D eigenvalue weighted by Crippen LogP contribution is -2.10. The fourth-order valence-corrected chi connectivity index (χ4v) is 2.65. The average molecular weight is 321 g/mol. The monoisotopic (exact) mass is 321 g/mol. The Hall–Kier alpha value is -3.28. The highest BCUT2D eigenvalue weighted by molar-refractivity contribution is 5.82. The molecule has 0 bridgehead atoms. The van der Waals surface area contributed by atoms with Gasteiger partial charge in [0.1, 0.15) is 11.4 Å². The topological polar surface area (TPSA) is 60.9 Å². The van der Waals surface area contributed by atoms with Crippen LogP contribution in [0.5, 0.6) is 0 Å². The van der Waals surface area contributed by atoms with Gasteiger partial charge in [-0.15, -0.1) is 0 Å². The van der Waals surface area contributed by atoms with Crippen LogP contribution >= 0.6 is 0 Å². The first-order valence-corrected chi connectivity index (χ1v) is 7.32. The molecule has 2 heterocycles. The van der Waals surface area contributed by atoms with Gasteiger partial charge in [-0.1, -0.05) is 35.5 Å². The normalized spacial score (nSPS) is 11.1. The van der Waals surface area contributed by atoms with Gasteiger partial charge in [0.15, 0.2) is 0 Å². The van der Waals surface area contributed by atoms with Gasteiger partial charge in [-0.25, -0.2) is 4.39 Å². The maximum Gasteiger partial charge on any atom is 0.263 e. The quantitative estimate of drug-likeness (QED) is 0.568. The minimum Gasteiger partial charge on any atom is -0.350 e. The van der Waals surface area contributed by atoms with E-state index < -0.39 is 5.82 Å². The lowest BCUT2D eigenvalue weighted by Gasteiger charge is -2.06. The molecule has 4 aromatic rings. The van der Waals surface area contributed by atoms with Gasteiger partial charge >= 0.3 is 0 Å². The summed E-state index contributed by atoms with van der Waals surface area (Å²) in [6.45, 7) is 0. The molecule has 0 radical (unpaired) electrons. The fraction of sp³-hybridized carbons (Fsp3) is 0.0556. The molecule has 0 fully saturated rings. The summed E-state index contributed by atoms with van der Waals surface area (Å²) >= 11 is 0. The Morgan fingerprint density at radius 3 is 2.71 bits per heavy atom. The minimum atomic E-state index is -0.466. The lowest BCUT2D eigenvalue weighted by atomic mass is 10.1. The summed E-state index contributed by atoms with van der Waals surface area (Å²) in [5, 5.41) is 4.20. The maximum absolute atomic E-state index is 13.5. The van der Waals surface area contributed by atoms with Crippen LogP contribution in [0.15, 0.2) is 64.0 Å². The van der Waals surface area contributed by atoms with Crippen molar-refractivity contribution in [3.8, 4) is 22.8 Å². The number of rotatable bonds is 2. The first-order valence-electron chi connectivity index (χ1n) is 7.32. The van der Waals surface area contributed by atoms with E-state index in [0.29, 0.717) is 11.3 Å². The molecule has 118 valence electrons. The van der Waals surface area contributed by atoms with Crippen LogP contribution in [-0.4, -0.2) is 14.7 Å². The predicted molar refractivity (Wildman–Crippen MR) is 87.9 cm³/mol. The molecule has 2 aromatic heterocycles.